The van der Waals surface area contributed by atoms with E-state index in [1.54, 1.807) is 12.5 Å². The van der Waals surface area contributed by atoms with E-state index < -0.39 is 0 Å². The maximum atomic E-state index is 5.39. The topological polar surface area (TPSA) is 63.4 Å². The Labute approximate surface area is 140 Å². The number of anilines is 1. The summed E-state index contributed by atoms with van der Waals surface area (Å²) in [6.45, 7) is 5.44. The van der Waals surface area contributed by atoms with Crippen LogP contribution in [0.2, 0.25) is 0 Å². The first-order valence-electron chi connectivity index (χ1n) is 8.23. The van der Waals surface area contributed by atoms with E-state index in [2.05, 4.69) is 15.2 Å². The summed E-state index contributed by atoms with van der Waals surface area (Å²) in [4.78, 5) is 11.7. The van der Waals surface area contributed by atoms with E-state index in [0.717, 1.165) is 61.7 Å². The second-order valence-corrected chi connectivity index (χ2v) is 5.81. The lowest BCUT2D eigenvalue weighted by molar-refractivity contribution is 0.0398. The Bertz CT molecular complexity index is 798. The van der Waals surface area contributed by atoms with E-state index in [1.165, 1.54) is 0 Å². The molecule has 1 fully saturated rings. The molecule has 3 aromatic rings. The van der Waals surface area contributed by atoms with E-state index in [0.29, 0.717) is 5.82 Å². The van der Waals surface area contributed by atoms with Crippen LogP contribution in [-0.4, -0.2) is 54.3 Å². The highest BCUT2D eigenvalue weighted by molar-refractivity contribution is 5.90. The van der Waals surface area contributed by atoms with Crippen molar-refractivity contribution in [3.8, 4) is 11.4 Å². The van der Waals surface area contributed by atoms with Gasteiger partial charge in [-0.2, -0.15) is 0 Å². The molecular weight excluding hydrogens is 304 g/mol. The lowest BCUT2D eigenvalue weighted by atomic mass is 10.2. The Kier molecular flexibility index (Phi) is 4.40. The molecule has 124 valence electrons. The van der Waals surface area contributed by atoms with Gasteiger partial charge in [0.1, 0.15) is 12.1 Å². The smallest absolute Gasteiger partial charge is 0.165 e. The molecule has 1 aliphatic heterocycles. The fraction of sp³-hybridized carbons (Fsp3) is 0.333. The quantitative estimate of drug-likeness (QED) is 0.778. The summed E-state index contributed by atoms with van der Waals surface area (Å²) in [6, 6.07) is 9.93. The maximum Gasteiger partial charge on any atom is 0.165 e. The van der Waals surface area contributed by atoms with E-state index in [9.17, 15) is 0 Å². The molecule has 4 rings (SSSR count). The molecule has 0 atom stereocenters. The van der Waals surface area contributed by atoms with Crippen molar-refractivity contribution >= 4 is 16.7 Å². The molecule has 1 aromatic carbocycles. The van der Waals surface area contributed by atoms with Crippen molar-refractivity contribution in [2.45, 2.75) is 0 Å². The first kappa shape index (κ1) is 15.1. The molecule has 6 nitrogen and oxygen atoms in total. The number of hydrogen-bond donors (Lipinski definition) is 1. The van der Waals surface area contributed by atoms with Crippen molar-refractivity contribution in [3.05, 3.63) is 42.9 Å². The number of nitrogens with one attached hydrogen (secondary N) is 1. The van der Waals surface area contributed by atoms with Crippen LogP contribution in [0.25, 0.3) is 22.3 Å². The van der Waals surface area contributed by atoms with Crippen molar-refractivity contribution in [3.63, 3.8) is 0 Å². The minimum Gasteiger partial charge on any atom is -0.472 e. The second-order valence-electron chi connectivity index (χ2n) is 5.81. The molecule has 1 saturated heterocycles. The van der Waals surface area contributed by atoms with Gasteiger partial charge in [0, 0.05) is 31.6 Å². The van der Waals surface area contributed by atoms with Gasteiger partial charge in [0.15, 0.2) is 5.82 Å². The largest absolute Gasteiger partial charge is 0.472 e. The molecule has 0 radical (unpaired) electrons. The van der Waals surface area contributed by atoms with Crippen LogP contribution < -0.4 is 5.32 Å². The molecule has 0 saturated carbocycles. The molecule has 2 aromatic heterocycles. The third-order valence-electron chi connectivity index (χ3n) is 4.21. The Balaban J connectivity index is 1.56. The van der Waals surface area contributed by atoms with Gasteiger partial charge in [0.2, 0.25) is 0 Å². The van der Waals surface area contributed by atoms with E-state index >= 15 is 0 Å². The predicted molar refractivity (Wildman–Crippen MR) is 93.0 cm³/mol. The standard InChI is InChI=1S/C18H20N4O2/c1-2-4-16-15(3-1)18(19-6-7-22-8-11-23-12-9-22)21-17(20-16)14-5-10-24-13-14/h1-5,10,13H,6-9,11-12H2,(H,19,20,21). The number of ether oxygens (including phenoxy) is 1. The van der Waals surface area contributed by atoms with E-state index in [1.807, 2.05) is 30.3 Å². The normalized spacial score (nSPS) is 15.7. The zero-order chi connectivity index (χ0) is 16.2. The lowest BCUT2D eigenvalue weighted by Gasteiger charge is -2.26. The predicted octanol–water partition coefficient (Wildman–Crippen LogP) is 2.63. The van der Waals surface area contributed by atoms with Crippen LogP contribution in [0.5, 0.6) is 0 Å². The maximum absolute atomic E-state index is 5.39. The highest BCUT2D eigenvalue weighted by Crippen LogP contribution is 2.24. The van der Waals surface area contributed by atoms with Crippen molar-refractivity contribution < 1.29 is 9.15 Å². The molecule has 1 aliphatic rings. The molecule has 0 bridgehead atoms. The van der Waals surface area contributed by atoms with Gasteiger partial charge in [0.05, 0.1) is 30.6 Å². The van der Waals surface area contributed by atoms with Gasteiger partial charge in [-0.25, -0.2) is 9.97 Å². The minimum absolute atomic E-state index is 0.677. The van der Waals surface area contributed by atoms with Crippen LogP contribution in [0.3, 0.4) is 0 Å². The highest BCUT2D eigenvalue weighted by Gasteiger charge is 2.12. The summed E-state index contributed by atoms with van der Waals surface area (Å²) in [5, 5.41) is 4.51. The summed E-state index contributed by atoms with van der Waals surface area (Å²) in [5.41, 5.74) is 1.81. The average Bonchev–Trinajstić information content (AvgIpc) is 3.17. The number of furan rings is 1. The average molecular weight is 324 g/mol. The van der Waals surface area contributed by atoms with Crippen LogP contribution in [0.4, 0.5) is 5.82 Å². The molecule has 0 spiro atoms. The van der Waals surface area contributed by atoms with Crippen LogP contribution in [0, 0.1) is 0 Å². The molecule has 0 aliphatic carbocycles. The van der Waals surface area contributed by atoms with Crippen LogP contribution in [-0.2, 0) is 4.74 Å². The molecular formula is C18H20N4O2. The summed E-state index contributed by atoms with van der Waals surface area (Å²) in [6.07, 6.45) is 3.31. The van der Waals surface area contributed by atoms with Crippen molar-refractivity contribution in [1.82, 2.24) is 14.9 Å². The first-order chi connectivity index (χ1) is 11.9. The van der Waals surface area contributed by atoms with Gasteiger partial charge in [-0.3, -0.25) is 4.90 Å². The molecule has 1 N–H and O–H groups in total. The van der Waals surface area contributed by atoms with E-state index in [-0.39, 0.29) is 0 Å². The van der Waals surface area contributed by atoms with Gasteiger partial charge >= 0.3 is 0 Å². The Morgan fingerprint density at radius 3 is 2.79 bits per heavy atom. The molecule has 3 heterocycles. The van der Waals surface area contributed by atoms with Gasteiger partial charge in [0.25, 0.3) is 0 Å². The fourth-order valence-electron chi connectivity index (χ4n) is 2.89. The van der Waals surface area contributed by atoms with Crippen LogP contribution in [0.15, 0.2) is 47.3 Å². The Morgan fingerprint density at radius 1 is 1.08 bits per heavy atom. The second kappa shape index (κ2) is 6.98. The van der Waals surface area contributed by atoms with Crippen LogP contribution in [0.1, 0.15) is 0 Å². The highest BCUT2D eigenvalue weighted by atomic mass is 16.5. The van der Waals surface area contributed by atoms with Gasteiger partial charge < -0.3 is 14.5 Å². The van der Waals surface area contributed by atoms with E-state index in [4.69, 9.17) is 14.1 Å². The number of rotatable bonds is 5. The molecule has 6 heteroatoms. The molecule has 0 unspecified atom stereocenters. The summed E-state index contributed by atoms with van der Waals surface area (Å²) >= 11 is 0. The SMILES string of the molecule is c1ccc2c(NCCN3CCOCC3)nc(-c3ccoc3)nc2c1. The van der Waals surface area contributed by atoms with Gasteiger partial charge in [-0.15, -0.1) is 0 Å². The summed E-state index contributed by atoms with van der Waals surface area (Å²) in [7, 11) is 0. The lowest BCUT2D eigenvalue weighted by Crippen LogP contribution is -2.39. The first-order valence-corrected chi connectivity index (χ1v) is 8.23. The number of aromatic nitrogens is 2. The number of fused-ring (bicyclic) bond motifs is 1. The zero-order valence-corrected chi connectivity index (χ0v) is 13.4. The van der Waals surface area contributed by atoms with Crippen molar-refractivity contribution in [2.75, 3.05) is 44.7 Å². The number of nitrogens with zero attached hydrogens (tertiary/aromatic N) is 3. The van der Waals surface area contributed by atoms with Crippen LogP contribution >= 0.6 is 0 Å². The fourth-order valence-corrected chi connectivity index (χ4v) is 2.89. The Morgan fingerprint density at radius 2 is 1.96 bits per heavy atom. The summed E-state index contributed by atoms with van der Waals surface area (Å²) in [5.74, 6) is 1.54. The number of morpholine rings is 1. The monoisotopic (exact) mass is 324 g/mol. The summed E-state index contributed by atoms with van der Waals surface area (Å²) < 4.78 is 10.5. The number of para-hydroxylation sites is 1. The third-order valence-corrected chi connectivity index (χ3v) is 4.21. The third kappa shape index (κ3) is 3.25. The number of benzene rings is 1. The van der Waals surface area contributed by atoms with Gasteiger partial charge in [-0.05, 0) is 18.2 Å². The number of hydrogen-bond acceptors (Lipinski definition) is 6. The molecule has 0 amide bonds. The van der Waals surface area contributed by atoms with Crippen molar-refractivity contribution in [1.29, 1.82) is 0 Å². The van der Waals surface area contributed by atoms with Crippen molar-refractivity contribution in [2.24, 2.45) is 0 Å². The Hall–Kier alpha value is -2.44. The zero-order valence-electron chi connectivity index (χ0n) is 13.4. The minimum atomic E-state index is 0.677. The van der Waals surface area contributed by atoms with Gasteiger partial charge in [-0.1, -0.05) is 12.1 Å². The molecule has 24 heavy (non-hydrogen) atoms.